The number of para-hydroxylation sites is 1. The van der Waals surface area contributed by atoms with Gasteiger partial charge < -0.3 is 15.4 Å². The first-order valence-electron chi connectivity index (χ1n) is 9.39. The number of fused-ring (bicyclic) bond motifs is 1. The second-order valence-electron chi connectivity index (χ2n) is 6.97. The summed E-state index contributed by atoms with van der Waals surface area (Å²) in [4.78, 5) is 31.5. The second kappa shape index (κ2) is 9.41. The van der Waals surface area contributed by atoms with E-state index in [4.69, 9.17) is 11.6 Å². The summed E-state index contributed by atoms with van der Waals surface area (Å²) in [5.41, 5.74) is 3.58. The molecule has 3 rings (SSSR count). The van der Waals surface area contributed by atoms with Crippen LogP contribution in [0.25, 0.3) is 10.9 Å². The van der Waals surface area contributed by atoms with Gasteiger partial charge in [0.25, 0.3) is 0 Å². The number of nitrogens with zero attached hydrogens (tertiary/aromatic N) is 1. The van der Waals surface area contributed by atoms with Crippen LogP contribution in [0.4, 0.5) is 0 Å². The third-order valence-electron chi connectivity index (χ3n) is 4.67. The predicted molar refractivity (Wildman–Crippen MR) is 119 cm³/mol. The van der Waals surface area contributed by atoms with Crippen LogP contribution in [0.15, 0.2) is 72.0 Å². The number of carboxylic acids is 1. The number of H-pyrrole nitrogens is 1. The van der Waals surface area contributed by atoms with Crippen molar-refractivity contribution in [2.45, 2.75) is 25.8 Å². The number of halogens is 1. The van der Waals surface area contributed by atoms with Gasteiger partial charge in [-0.15, -0.1) is 0 Å². The number of carbonyl (C=O) groups excluding carboxylic acids is 1. The molecule has 1 amide bonds. The Bertz CT molecular complexity index is 1130. The topological polar surface area (TPSA) is 94.5 Å². The third-order valence-corrected chi connectivity index (χ3v) is 4.90. The number of aromatic nitrogens is 1. The molecule has 0 radical (unpaired) electrons. The minimum absolute atomic E-state index is 0.102. The van der Waals surface area contributed by atoms with Crippen molar-refractivity contribution in [2.24, 2.45) is 4.99 Å². The molecule has 3 N–H and O–H groups in total. The average molecular weight is 424 g/mol. The number of carboxylic acid groups (broad SMARTS) is 1. The molecule has 0 saturated heterocycles. The number of carbonyl (C=O) groups is 2. The highest BCUT2D eigenvalue weighted by Gasteiger charge is 2.22. The summed E-state index contributed by atoms with van der Waals surface area (Å²) in [6.07, 6.45) is 1.84. The van der Waals surface area contributed by atoms with Crippen molar-refractivity contribution < 1.29 is 14.7 Å². The van der Waals surface area contributed by atoms with Crippen LogP contribution in [0, 0.1) is 0 Å². The number of aliphatic carboxylic acids is 1. The molecule has 0 aliphatic carbocycles. The monoisotopic (exact) mass is 423 g/mol. The van der Waals surface area contributed by atoms with Gasteiger partial charge in [0.1, 0.15) is 6.04 Å². The number of aromatic amines is 1. The van der Waals surface area contributed by atoms with Crippen LogP contribution in [0.5, 0.6) is 0 Å². The van der Waals surface area contributed by atoms with E-state index >= 15 is 0 Å². The number of rotatable bonds is 8. The van der Waals surface area contributed by atoms with Crippen molar-refractivity contribution in [1.29, 1.82) is 0 Å². The van der Waals surface area contributed by atoms with Gasteiger partial charge in [-0.05, 0) is 36.2 Å². The summed E-state index contributed by atoms with van der Waals surface area (Å²) in [5, 5.41) is 13.7. The van der Waals surface area contributed by atoms with Crippen LogP contribution in [0.2, 0.25) is 5.02 Å². The first-order chi connectivity index (χ1) is 14.3. The first kappa shape index (κ1) is 21.3. The first-order valence-corrected chi connectivity index (χ1v) is 9.77. The van der Waals surface area contributed by atoms with Gasteiger partial charge in [-0.1, -0.05) is 48.5 Å². The molecule has 7 heteroatoms. The Morgan fingerprint density at radius 2 is 2.00 bits per heavy atom. The number of aliphatic imine (C=N–C) groups is 1. The standard InChI is InChI=1S/C23H22ClN3O3/c1-14(26-15(2)16-6-5-7-18(24)11-16)10-22(28)27-21(23(29)30)12-17-13-25-20-9-4-3-8-19(17)20/h3-9,11,13,21,25H,1,10,12H2,2H3,(H,27,28)(H,29,30)/b26-15+/t21-/m0/s1. The van der Waals surface area contributed by atoms with Crippen LogP contribution < -0.4 is 5.32 Å². The van der Waals surface area contributed by atoms with E-state index in [2.05, 4.69) is 21.9 Å². The molecule has 0 unspecified atom stereocenters. The molecule has 0 fully saturated rings. The molecule has 0 spiro atoms. The summed E-state index contributed by atoms with van der Waals surface area (Å²) in [6.45, 7) is 5.62. The van der Waals surface area contributed by atoms with E-state index < -0.39 is 17.9 Å². The van der Waals surface area contributed by atoms with Crippen LogP contribution >= 0.6 is 11.6 Å². The van der Waals surface area contributed by atoms with Crippen molar-refractivity contribution in [2.75, 3.05) is 0 Å². The Kier molecular flexibility index (Phi) is 6.69. The van der Waals surface area contributed by atoms with Gasteiger partial charge in [-0.2, -0.15) is 0 Å². The summed E-state index contributed by atoms with van der Waals surface area (Å²) in [6, 6.07) is 13.8. The molecular formula is C23H22ClN3O3. The lowest BCUT2D eigenvalue weighted by Crippen LogP contribution is -2.42. The highest BCUT2D eigenvalue weighted by atomic mass is 35.5. The second-order valence-corrected chi connectivity index (χ2v) is 7.41. The summed E-state index contributed by atoms with van der Waals surface area (Å²) >= 11 is 5.99. The zero-order valence-electron chi connectivity index (χ0n) is 16.5. The number of hydrogen-bond donors (Lipinski definition) is 3. The molecule has 3 aromatic rings. The molecule has 6 nitrogen and oxygen atoms in total. The molecule has 1 atom stereocenters. The van der Waals surface area contributed by atoms with Gasteiger partial charge in [-0.25, -0.2) is 4.79 Å². The Hall–Kier alpha value is -3.38. The van der Waals surface area contributed by atoms with Gasteiger partial charge in [0.05, 0.1) is 6.42 Å². The normalized spacial score (nSPS) is 12.5. The summed E-state index contributed by atoms with van der Waals surface area (Å²) in [7, 11) is 0. The van der Waals surface area contributed by atoms with E-state index in [1.807, 2.05) is 36.4 Å². The quantitative estimate of drug-likeness (QED) is 0.470. The van der Waals surface area contributed by atoms with Gasteiger partial charge in [0.2, 0.25) is 5.91 Å². The van der Waals surface area contributed by atoms with Crippen LogP contribution in [0.3, 0.4) is 0 Å². The zero-order chi connectivity index (χ0) is 21.7. The molecule has 0 saturated carbocycles. The maximum Gasteiger partial charge on any atom is 0.326 e. The van der Waals surface area contributed by atoms with Crippen molar-refractivity contribution in [3.05, 3.63) is 83.2 Å². The SMILES string of the molecule is C=C(CC(=O)N[C@@H](Cc1c[nH]c2ccccc12)C(=O)O)/N=C(\C)c1cccc(Cl)c1. The van der Waals surface area contributed by atoms with E-state index in [-0.39, 0.29) is 12.8 Å². The number of hydrogen-bond acceptors (Lipinski definition) is 3. The smallest absolute Gasteiger partial charge is 0.326 e. The fourth-order valence-corrected chi connectivity index (χ4v) is 3.40. The largest absolute Gasteiger partial charge is 0.480 e. The Labute approximate surface area is 179 Å². The number of nitrogens with one attached hydrogen (secondary N) is 2. The Balaban J connectivity index is 1.64. The van der Waals surface area contributed by atoms with E-state index in [1.165, 1.54) is 0 Å². The Morgan fingerprint density at radius 1 is 1.23 bits per heavy atom. The lowest BCUT2D eigenvalue weighted by molar-refractivity contribution is -0.141. The van der Waals surface area contributed by atoms with E-state index in [9.17, 15) is 14.7 Å². The lowest BCUT2D eigenvalue weighted by atomic mass is 10.0. The molecule has 0 bridgehead atoms. The van der Waals surface area contributed by atoms with Crippen molar-refractivity contribution in [1.82, 2.24) is 10.3 Å². The fourth-order valence-electron chi connectivity index (χ4n) is 3.21. The average Bonchev–Trinajstić information content (AvgIpc) is 3.10. The molecule has 0 aliphatic heterocycles. The van der Waals surface area contributed by atoms with E-state index in [1.54, 1.807) is 25.3 Å². The van der Waals surface area contributed by atoms with E-state index in [0.717, 1.165) is 22.0 Å². The summed E-state index contributed by atoms with van der Waals surface area (Å²) < 4.78 is 0. The van der Waals surface area contributed by atoms with Crippen LogP contribution in [-0.2, 0) is 16.0 Å². The van der Waals surface area contributed by atoms with E-state index in [0.29, 0.717) is 16.4 Å². The fraction of sp³-hybridized carbons (Fsp3) is 0.174. The predicted octanol–water partition coefficient (Wildman–Crippen LogP) is 4.35. The molecule has 2 aromatic carbocycles. The zero-order valence-corrected chi connectivity index (χ0v) is 17.2. The van der Waals surface area contributed by atoms with Crippen molar-refractivity contribution in [3.8, 4) is 0 Å². The molecule has 0 aliphatic rings. The van der Waals surface area contributed by atoms with Crippen molar-refractivity contribution >= 4 is 40.1 Å². The number of amides is 1. The maximum absolute atomic E-state index is 12.4. The molecule has 1 aromatic heterocycles. The van der Waals surface area contributed by atoms with Crippen molar-refractivity contribution in [3.63, 3.8) is 0 Å². The molecule has 154 valence electrons. The molecule has 30 heavy (non-hydrogen) atoms. The third kappa shape index (κ3) is 5.36. The minimum atomic E-state index is -1.10. The lowest BCUT2D eigenvalue weighted by Gasteiger charge is -2.14. The number of benzene rings is 2. The summed E-state index contributed by atoms with van der Waals surface area (Å²) in [5.74, 6) is -1.55. The van der Waals surface area contributed by atoms with Gasteiger partial charge in [-0.3, -0.25) is 9.79 Å². The highest BCUT2D eigenvalue weighted by molar-refractivity contribution is 6.31. The molecule has 1 heterocycles. The van der Waals surface area contributed by atoms with Crippen LogP contribution in [0.1, 0.15) is 24.5 Å². The van der Waals surface area contributed by atoms with Gasteiger partial charge in [0.15, 0.2) is 0 Å². The van der Waals surface area contributed by atoms with Gasteiger partial charge in [0, 0.05) is 40.0 Å². The molecular weight excluding hydrogens is 402 g/mol. The highest BCUT2D eigenvalue weighted by Crippen LogP contribution is 2.19. The Morgan fingerprint density at radius 3 is 2.73 bits per heavy atom. The maximum atomic E-state index is 12.4. The van der Waals surface area contributed by atoms with Crippen LogP contribution in [-0.4, -0.2) is 33.7 Å². The van der Waals surface area contributed by atoms with Gasteiger partial charge >= 0.3 is 5.97 Å². The minimum Gasteiger partial charge on any atom is -0.480 e.